The second-order valence-corrected chi connectivity index (χ2v) is 5.96. The normalized spacial score (nSPS) is 11.8. The van der Waals surface area contributed by atoms with Crippen molar-refractivity contribution in [1.29, 1.82) is 0 Å². The second-order valence-electron chi connectivity index (χ2n) is 5.55. The molecule has 0 heterocycles. The van der Waals surface area contributed by atoms with E-state index in [2.05, 4.69) is 5.32 Å². The molecule has 24 heavy (non-hydrogen) atoms. The van der Waals surface area contributed by atoms with Gasteiger partial charge in [0.2, 0.25) is 0 Å². The van der Waals surface area contributed by atoms with Crippen LogP contribution in [0.1, 0.15) is 24.1 Å². The quantitative estimate of drug-likeness (QED) is 0.621. The van der Waals surface area contributed by atoms with E-state index >= 15 is 0 Å². The van der Waals surface area contributed by atoms with Gasteiger partial charge in [-0.05, 0) is 25.5 Å². The standard InChI is InChI=1S/C17H18ClN3O3/c1-11-7-8-13(21(23)24)9-16(11)20-17(22)10-19-12(2)14-5-3-4-6-15(14)18/h3-9,12,19H,10H2,1-2H3,(H,20,22)/p+1/t12-/m0/s1. The van der Waals surface area contributed by atoms with Crippen molar-refractivity contribution in [2.24, 2.45) is 0 Å². The molecule has 0 fully saturated rings. The number of nitrogens with zero attached hydrogens (tertiary/aromatic N) is 1. The first-order valence-corrected chi connectivity index (χ1v) is 7.89. The van der Waals surface area contributed by atoms with Crippen molar-refractivity contribution in [3.63, 3.8) is 0 Å². The number of carbonyl (C=O) groups excluding carboxylic acids is 1. The Morgan fingerprint density at radius 1 is 1.33 bits per heavy atom. The lowest BCUT2D eigenvalue weighted by atomic mass is 10.1. The van der Waals surface area contributed by atoms with Crippen molar-refractivity contribution >= 4 is 28.9 Å². The van der Waals surface area contributed by atoms with Gasteiger partial charge in [0.05, 0.1) is 10.6 Å². The number of anilines is 1. The lowest BCUT2D eigenvalue weighted by Gasteiger charge is -2.13. The number of halogens is 1. The summed E-state index contributed by atoms with van der Waals surface area (Å²) in [6.07, 6.45) is 0. The molecule has 2 aromatic rings. The molecule has 0 spiro atoms. The van der Waals surface area contributed by atoms with Gasteiger partial charge >= 0.3 is 0 Å². The summed E-state index contributed by atoms with van der Waals surface area (Å²) in [5.41, 5.74) is 2.13. The van der Waals surface area contributed by atoms with Crippen molar-refractivity contribution in [2.75, 3.05) is 11.9 Å². The molecule has 2 aromatic carbocycles. The lowest BCUT2D eigenvalue weighted by molar-refractivity contribution is -0.682. The zero-order valence-corrected chi connectivity index (χ0v) is 14.2. The van der Waals surface area contributed by atoms with E-state index in [0.29, 0.717) is 10.7 Å². The van der Waals surface area contributed by atoms with Crippen LogP contribution in [-0.4, -0.2) is 17.4 Å². The summed E-state index contributed by atoms with van der Waals surface area (Å²) in [6, 6.07) is 11.9. The first kappa shape index (κ1) is 17.9. The summed E-state index contributed by atoms with van der Waals surface area (Å²) in [5.74, 6) is -0.225. The predicted octanol–water partition coefficient (Wildman–Crippen LogP) is 2.82. The number of hydrogen-bond donors (Lipinski definition) is 2. The number of nitrogens with one attached hydrogen (secondary N) is 1. The van der Waals surface area contributed by atoms with E-state index in [0.717, 1.165) is 11.1 Å². The van der Waals surface area contributed by atoms with Gasteiger partial charge in [-0.25, -0.2) is 0 Å². The smallest absolute Gasteiger partial charge is 0.279 e. The van der Waals surface area contributed by atoms with Gasteiger partial charge in [0.1, 0.15) is 6.04 Å². The molecule has 0 saturated heterocycles. The van der Waals surface area contributed by atoms with Gasteiger partial charge in [0, 0.05) is 22.7 Å². The molecule has 126 valence electrons. The number of benzene rings is 2. The minimum atomic E-state index is -0.485. The number of quaternary nitrogens is 1. The summed E-state index contributed by atoms with van der Waals surface area (Å²) in [5, 5.41) is 16.1. The third-order valence-corrected chi connectivity index (χ3v) is 4.10. The molecule has 0 aromatic heterocycles. The predicted molar refractivity (Wildman–Crippen MR) is 93.1 cm³/mol. The number of amides is 1. The number of nitro benzene ring substituents is 1. The molecular formula is C17H19ClN3O3+. The maximum atomic E-state index is 12.1. The Bertz CT molecular complexity index is 764. The third-order valence-electron chi connectivity index (χ3n) is 3.76. The summed E-state index contributed by atoms with van der Waals surface area (Å²) in [4.78, 5) is 22.5. The molecule has 0 saturated carbocycles. The minimum absolute atomic E-state index is 0.0238. The van der Waals surface area contributed by atoms with Crippen molar-refractivity contribution in [2.45, 2.75) is 19.9 Å². The molecule has 0 unspecified atom stereocenters. The van der Waals surface area contributed by atoms with Crippen LogP contribution in [0.15, 0.2) is 42.5 Å². The van der Waals surface area contributed by atoms with Crippen LogP contribution in [-0.2, 0) is 4.79 Å². The summed E-state index contributed by atoms with van der Waals surface area (Å²) in [6.45, 7) is 3.94. The molecule has 3 N–H and O–H groups in total. The minimum Gasteiger partial charge on any atom is -0.332 e. The van der Waals surface area contributed by atoms with Crippen molar-refractivity contribution < 1.29 is 15.0 Å². The van der Waals surface area contributed by atoms with E-state index in [1.54, 1.807) is 13.0 Å². The van der Waals surface area contributed by atoms with Crippen LogP contribution < -0.4 is 10.6 Å². The maximum Gasteiger partial charge on any atom is 0.279 e. The Morgan fingerprint density at radius 3 is 2.71 bits per heavy atom. The van der Waals surface area contributed by atoms with Gasteiger partial charge in [-0.2, -0.15) is 0 Å². The third kappa shape index (κ3) is 4.53. The fourth-order valence-electron chi connectivity index (χ4n) is 2.31. The number of hydrogen-bond acceptors (Lipinski definition) is 3. The Balaban J connectivity index is 1.98. The number of nitro groups is 1. The van der Waals surface area contributed by atoms with Crippen LogP contribution in [0, 0.1) is 17.0 Å². The summed E-state index contributed by atoms with van der Waals surface area (Å²) in [7, 11) is 0. The van der Waals surface area contributed by atoms with Crippen LogP contribution in [0.25, 0.3) is 0 Å². The lowest BCUT2D eigenvalue weighted by Crippen LogP contribution is -2.86. The highest BCUT2D eigenvalue weighted by molar-refractivity contribution is 6.31. The van der Waals surface area contributed by atoms with Crippen molar-refractivity contribution in [1.82, 2.24) is 0 Å². The molecule has 0 aliphatic heterocycles. The van der Waals surface area contributed by atoms with Gasteiger partial charge in [0.25, 0.3) is 11.6 Å². The molecule has 0 radical (unpaired) electrons. The van der Waals surface area contributed by atoms with Crippen LogP contribution in [0.5, 0.6) is 0 Å². The molecule has 0 bridgehead atoms. The molecule has 2 rings (SSSR count). The SMILES string of the molecule is Cc1ccc([N+](=O)[O-])cc1NC(=O)C[NH2+][C@@H](C)c1ccccc1Cl. The van der Waals surface area contributed by atoms with E-state index in [4.69, 9.17) is 11.6 Å². The number of non-ortho nitro benzene ring substituents is 1. The van der Waals surface area contributed by atoms with Gasteiger partial charge in [0.15, 0.2) is 6.54 Å². The van der Waals surface area contributed by atoms with Gasteiger partial charge in [-0.15, -0.1) is 0 Å². The van der Waals surface area contributed by atoms with Crippen LogP contribution in [0.4, 0.5) is 11.4 Å². The van der Waals surface area contributed by atoms with Crippen LogP contribution >= 0.6 is 11.6 Å². The first-order valence-electron chi connectivity index (χ1n) is 7.51. The average molecular weight is 349 g/mol. The van der Waals surface area contributed by atoms with E-state index in [1.807, 2.05) is 36.5 Å². The van der Waals surface area contributed by atoms with Crippen LogP contribution in [0.3, 0.4) is 0 Å². The summed E-state index contributed by atoms with van der Waals surface area (Å²) >= 11 is 6.15. The fraction of sp³-hybridized carbons (Fsp3) is 0.235. The Labute approximate surface area is 145 Å². The van der Waals surface area contributed by atoms with Crippen LogP contribution in [0.2, 0.25) is 5.02 Å². The van der Waals surface area contributed by atoms with E-state index in [9.17, 15) is 14.9 Å². The van der Waals surface area contributed by atoms with E-state index in [1.165, 1.54) is 12.1 Å². The van der Waals surface area contributed by atoms with Gasteiger partial charge in [-0.3, -0.25) is 14.9 Å². The molecule has 1 atom stereocenters. The zero-order chi connectivity index (χ0) is 17.7. The summed E-state index contributed by atoms with van der Waals surface area (Å²) < 4.78 is 0. The monoisotopic (exact) mass is 348 g/mol. The second kappa shape index (κ2) is 7.90. The molecular weight excluding hydrogens is 330 g/mol. The average Bonchev–Trinajstić information content (AvgIpc) is 2.55. The molecule has 1 amide bonds. The molecule has 6 nitrogen and oxygen atoms in total. The first-order chi connectivity index (χ1) is 11.4. The highest BCUT2D eigenvalue weighted by atomic mass is 35.5. The Kier molecular flexibility index (Phi) is 5.89. The van der Waals surface area contributed by atoms with Gasteiger partial charge < -0.3 is 10.6 Å². The topological polar surface area (TPSA) is 88.9 Å². The Hall–Kier alpha value is -2.44. The number of nitrogens with two attached hydrogens (primary N) is 1. The zero-order valence-electron chi connectivity index (χ0n) is 13.5. The van der Waals surface area contributed by atoms with Crippen molar-refractivity contribution in [3.8, 4) is 0 Å². The van der Waals surface area contributed by atoms with Gasteiger partial charge in [-0.1, -0.05) is 35.9 Å². The molecule has 0 aliphatic rings. The largest absolute Gasteiger partial charge is 0.332 e. The number of rotatable bonds is 6. The van der Waals surface area contributed by atoms with E-state index < -0.39 is 4.92 Å². The molecule has 0 aliphatic carbocycles. The van der Waals surface area contributed by atoms with E-state index in [-0.39, 0.29) is 24.2 Å². The highest BCUT2D eigenvalue weighted by Crippen LogP contribution is 2.22. The maximum absolute atomic E-state index is 12.1. The fourth-order valence-corrected chi connectivity index (χ4v) is 2.62. The molecule has 7 heteroatoms. The number of aryl methyl sites for hydroxylation is 1. The Morgan fingerprint density at radius 2 is 2.04 bits per heavy atom. The highest BCUT2D eigenvalue weighted by Gasteiger charge is 2.15. The number of carbonyl (C=O) groups is 1. The van der Waals surface area contributed by atoms with Crippen molar-refractivity contribution in [3.05, 3.63) is 68.7 Å².